The summed E-state index contributed by atoms with van der Waals surface area (Å²) < 4.78 is 15.4. The van der Waals surface area contributed by atoms with E-state index >= 15 is 0 Å². The van der Waals surface area contributed by atoms with Crippen LogP contribution in [0.15, 0.2) is 48.5 Å². The van der Waals surface area contributed by atoms with E-state index in [1.165, 1.54) is 12.1 Å². The van der Waals surface area contributed by atoms with Crippen molar-refractivity contribution in [3.8, 4) is 0 Å². The number of hydrogen-bond donors (Lipinski definition) is 1. The third-order valence-electron chi connectivity index (χ3n) is 5.73. The summed E-state index contributed by atoms with van der Waals surface area (Å²) in [5, 5.41) is 3.10. The van der Waals surface area contributed by atoms with Crippen molar-refractivity contribution < 1.29 is 9.18 Å². The van der Waals surface area contributed by atoms with E-state index < -0.39 is 5.41 Å². The first-order chi connectivity index (χ1) is 13.1. The minimum absolute atomic E-state index is 0.0626. The lowest BCUT2D eigenvalue weighted by molar-refractivity contribution is -0.129. The molecule has 4 rings (SSSR count). The molecule has 1 aliphatic carbocycles. The number of nitrogens with zero attached hydrogens (tertiary/aromatic N) is 2. The number of hydrogen-bond acceptors (Lipinski definition) is 2. The number of benzene rings is 2. The zero-order valence-corrected chi connectivity index (χ0v) is 15.5. The van der Waals surface area contributed by atoms with E-state index in [0.29, 0.717) is 6.54 Å². The van der Waals surface area contributed by atoms with Crippen molar-refractivity contribution in [2.45, 2.75) is 44.6 Å². The van der Waals surface area contributed by atoms with Gasteiger partial charge in [0.15, 0.2) is 0 Å². The van der Waals surface area contributed by atoms with Gasteiger partial charge in [0.25, 0.3) is 0 Å². The van der Waals surface area contributed by atoms with Gasteiger partial charge in [0.05, 0.1) is 16.4 Å². The molecule has 0 spiro atoms. The van der Waals surface area contributed by atoms with Crippen molar-refractivity contribution in [1.29, 1.82) is 0 Å². The van der Waals surface area contributed by atoms with Gasteiger partial charge in [-0.05, 0) is 56.0 Å². The Balaban J connectivity index is 1.38. The van der Waals surface area contributed by atoms with Gasteiger partial charge in [0, 0.05) is 13.1 Å². The Bertz CT molecular complexity index is 957. The molecule has 140 valence electrons. The second kappa shape index (κ2) is 7.14. The molecule has 1 saturated carbocycles. The Labute approximate surface area is 158 Å². The smallest absolute Gasteiger partial charge is 0.230 e. The first kappa shape index (κ1) is 17.7. The lowest BCUT2D eigenvalue weighted by Gasteiger charge is -2.40. The molecule has 1 aromatic heterocycles. The van der Waals surface area contributed by atoms with Crippen LogP contribution >= 0.6 is 0 Å². The van der Waals surface area contributed by atoms with Gasteiger partial charge in [0.1, 0.15) is 11.6 Å². The quantitative estimate of drug-likeness (QED) is 0.668. The number of carbonyl (C=O) groups is 1. The standard InChI is InChI=1S/C22H24FN3O/c1-16-25-19-6-2-3-7-20(19)26(16)15-5-14-24-21(27)22(12-4-13-22)17-8-10-18(23)11-9-17/h2-3,6-11H,4-5,12-15H2,1H3,(H,24,27). The third-order valence-corrected chi connectivity index (χ3v) is 5.73. The Hall–Kier alpha value is -2.69. The maximum Gasteiger partial charge on any atom is 0.230 e. The van der Waals surface area contributed by atoms with E-state index in [1.54, 1.807) is 12.1 Å². The molecular formula is C22H24FN3O. The molecule has 0 saturated heterocycles. The van der Waals surface area contributed by atoms with Crippen LogP contribution in [0.3, 0.4) is 0 Å². The third kappa shape index (κ3) is 3.22. The van der Waals surface area contributed by atoms with Crippen molar-refractivity contribution in [2.75, 3.05) is 6.54 Å². The van der Waals surface area contributed by atoms with Crippen LogP contribution in [0.2, 0.25) is 0 Å². The fourth-order valence-corrected chi connectivity index (χ4v) is 4.03. The number of fused-ring (bicyclic) bond motifs is 1. The average Bonchev–Trinajstić information content (AvgIpc) is 2.95. The monoisotopic (exact) mass is 365 g/mol. The van der Waals surface area contributed by atoms with Crippen molar-refractivity contribution in [1.82, 2.24) is 14.9 Å². The van der Waals surface area contributed by atoms with Crippen LogP contribution in [-0.2, 0) is 16.8 Å². The molecule has 5 heteroatoms. The minimum Gasteiger partial charge on any atom is -0.355 e. The summed E-state index contributed by atoms with van der Waals surface area (Å²) >= 11 is 0. The summed E-state index contributed by atoms with van der Waals surface area (Å²) in [5.41, 5.74) is 2.57. The van der Waals surface area contributed by atoms with Crippen LogP contribution in [0.4, 0.5) is 4.39 Å². The van der Waals surface area contributed by atoms with Crippen LogP contribution in [0, 0.1) is 12.7 Å². The van der Waals surface area contributed by atoms with E-state index in [2.05, 4.69) is 20.9 Å². The number of aromatic nitrogens is 2. The number of para-hydroxylation sites is 2. The van der Waals surface area contributed by atoms with Crippen LogP contribution in [-0.4, -0.2) is 22.0 Å². The zero-order valence-electron chi connectivity index (χ0n) is 15.5. The number of nitrogens with one attached hydrogen (secondary N) is 1. The molecule has 0 bridgehead atoms. The van der Waals surface area contributed by atoms with E-state index in [-0.39, 0.29) is 11.7 Å². The SMILES string of the molecule is Cc1nc2ccccc2n1CCCNC(=O)C1(c2ccc(F)cc2)CCC1. The van der Waals surface area contributed by atoms with Gasteiger partial charge in [-0.3, -0.25) is 4.79 Å². The van der Waals surface area contributed by atoms with Gasteiger partial charge < -0.3 is 9.88 Å². The van der Waals surface area contributed by atoms with Gasteiger partial charge in [-0.15, -0.1) is 0 Å². The summed E-state index contributed by atoms with van der Waals surface area (Å²) in [6.07, 6.45) is 3.53. The first-order valence-electron chi connectivity index (χ1n) is 9.56. The van der Waals surface area contributed by atoms with Crippen LogP contribution in [0.5, 0.6) is 0 Å². The lowest BCUT2D eigenvalue weighted by atomic mass is 9.64. The molecule has 1 aliphatic rings. The molecule has 0 radical (unpaired) electrons. The number of carbonyl (C=O) groups excluding carboxylic acids is 1. The summed E-state index contributed by atoms with van der Waals surface area (Å²) in [5.74, 6) is 0.786. The number of rotatable bonds is 6. The first-order valence-corrected chi connectivity index (χ1v) is 9.56. The van der Waals surface area contributed by atoms with Gasteiger partial charge >= 0.3 is 0 Å². The van der Waals surface area contributed by atoms with Gasteiger partial charge in [-0.1, -0.05) is 30.7 Å². The maximum absolute atomic E-state index is 13.2. The molecular weight excluding hydrogens is 341 g/mol. The van der Waals surface area contributed by atoms with E-state index in [0.717, 1.165) is 54.6 Å². The summed E-state index contributed by atoms with van der Waals surface area (Å²) in [6.45, 7) is 3.44. The van der Waals surface area contributed by atoms with Gasteiger partial charge in [-0.25, -0.2) is 9.37 Å². The zero-order chi connectivity index (χ0) is 18.9. The molecule has 27 heavy (non-hydrogen) atoms. The molecule has 4 nitrogen and oxygen atoms in total. The Morgan fingerprint density at radius 2 is 1.93 bits per heavy atom. The fraction of sp³-hybridized carbons (Fsp3) is 0.364. The molecule has 1 heterocycles. The molecule has 2 aromatic carbocycles. The highest BCUT2D eigenvalue weighted by atomic mass is 19.1. The molecule has 3 aromatic rings. The molecule has 0 aliphatic heterocycles. The summed E-state index contributed by atoms with van der Waals surface area (Å²) in [7, 11) is 0. The van der Waals surface area contributed by atoms with Crippen LogP contribution in [0.1, 0.15) is 37.1 Å². The van der Waals surface area contributed by atoms with Gasteiger partial charge in [0.2, 0.25) is 5.91 Å². The Kier molecular flexibility index (Phi) is 4.68. The number of aryl methyl sites for hydroxylation is 2. The number of imidazole rings is 1. The number of amides is 1. The second-order valence-electron chi connectivity index (χ2n) is 7.35. The highest BCUT2D eigenvalue weighted by Gasteiger charge is 2.45. The maximum atomic E-state index is 13.2. The van der Waals surface area contributed by atoms with E-state index in [1.807, 2.05) is 25.1 Å². The van der Waals surface area contributed by atoms with Gasteiger partial charge in [-0.2, -0.15) is 0 Å². The predicted octanol–water partition coefficient (Wildman–Crippen LogP) is 4.11. The molecule has 1 N–H and O–H groups in total. The average molecular weight is 365 g/mol. The summed E-state index contributed by atoms with van der Waals surface area (Å²) in [4.78, 5) is 17.4. The Morgan fingerprint density at radius 1 is 1.19 bits per heavy atom. The molecule has 1 fully saturated rings. The minimum atomic E-state index is -0.481. The predicted molar refractivity (Wildman–Crippen MR) is 104 cm³/mol. The van der Waals surface area contributed by atoms with Crippen molar-refractivity contribution in [3.05, 3.63) is 65.7 Å². The van der Waals surface area contributed by atoms with Crippen LogP contribution in [0.25, 0.3) is 11.0 Å². The second-order valence-corrected chi connectivity index (χ2v) is 7.35. The number of halogens is 1. The molecule has 0 unspecified atom stereocenters. The molecule has 0 atom stereocenters. The molecule has 1 amide bonds. The van der Waals surface area contributed by atoms with Crippen LogP contribution < -0.4 is 5.32 Å². The van der Waals surface area contributed by atoms with Crippen molar-refractivity contribution >= 4 is 16.9 Å². The normalized spacial score (nSPS) is 15.5. The summed E-state index contributed by atoms with van der Waals surface area (Å²) in [6, 6.07) is 14.5. The van der Waals surface area contributed by atoms with Crippen molar-refractivity contribution in [3.63, 3.8) is 0 Å². The lowest BCUT2D eigenvalue weighted by Crippen LogP contribution is -2.49. The van der Waals surface area contributed by atoms with E-state index in [9.17, 15) is 9.18 Å². The fourth-order valence-electron chi connectivity index (χ4n) is 4.03. The van der Waals surface area contributed by atoms with Crippen molar-refractivity contribution in [2.24, 2.45) is 0 Å². The highest BCUT2D eigenvalue weighted by Crippen LogP contribution is 2.44. The Morgan fingerprint density at radius 3 is 2.63 bits per heavy atom. The largest absolute Gasteiger partial charge is 0.355 e. The van der Waals surface area contributed by atoms with E-state index in [4.69, 9.17) is 0 Å². The topological polar surface area (TPSA) is 46.9 Å². The highest BCUT2D eigenvalue weighted by molar-refractivity contribution is 5.89.